The number of ether oxygens (including phenoxy) is 1. The van der Waals surface area contributed by atoms with Crippen molar-refractivity contribution in [3.63, 3.8) is 0 Å². The van der Waals surface area contributed by atoms with Crippen molar-refractivity contribution in [2.45, 2.75) is 39.3 Å². The summed E-state index contributed by atoms with van der Waals surface area (Å²) in [6.45, 7) is 11.9. The molecule has 1 aromatic heterocycles. The third-order valence-electron chi connectivity index (χ3n) is 4.49. The molecule has 0 unspecified atom stereocenters. The van der Waals surface area contributed by atoms with Gasteiger partial charge in [-0.25, -0.2) is 4.98 Å². The molecule has 0 N–H and O–H groups in total. The van der Waals surface area contributed by atoms with Crippen molar-refractivity contribution in [3.8, 4) is 0 Å². The minimum absolute atomic E-state index is 0.777. The van der Waals surface area contributed by atoms with Crippen molar-refractivity contribution in [2.75, 3.05) is 39.4 Å². The molecule has 2 aliphatic rings. The van der Waals surface area contributed by atoms with Crippen molar-refractivity contribution in [1.82, 2.24) is 14.8 Å². The van der Waals surface area contributed by atoms with Gasteiger partial charge in [-0.3, -0.25) is 9.80 Å². The Bertz CT molecular complexity index is 434. The van der Waals surface area contributed by atoms with E-state index in [9.17, 15) is 0 Å². The van der Waals surface area contributed by atoms with Crippen molar-refractivity contribution < 1.29 is 4.74 Å². The van der Waals surface area contributed by atoms with Crippen molar-refractivity contribution in [1.29, 1.82) is 0 Å². The van der Waals surface area contributed by atoms with E-state index in [0.717, 1.165) is 38.9 Å². The first kappa shape index (κ1) is 14.4. The predicted octanol–water partition coefficient (Wildman–Crippen LogP) is 2.06. The molecule has 0 bridgehead atoms. The highest BCUT2D eigenvalue weighted by molar-refractivity contribution is 7.11. The topological polar surface area (TPSA) is 28.6 Å². The zero-order valence-electron chi connectivity index (χ0n) is 12.6. The molecule has 0 saturated carbocycles. The first-order valence-electron chi connectivity index (χ1n) is 7.69. The molecular weight excluding hydrogens is 270 g/mol. The average molecular weight is 295 g/mol. The van der Waals surface area contributed by atoms with Gasteiger partial charge < -0.3 is 4.74 Å². The van der Waals surface area contributed by atoms with Gasteiger partial charge in [-0.1, -0.05) is 0 Å². The van der Waals surface area contributed by atoms with E-state index in [-0.39, 0.29) is 0 Å². The van der Waals surface area contributed by atoms with Crippen LogP contribution in [0.2, 0.25) is 0 Å². The van der Waals surface area contributed by atoms with Crippen LogP contribution < -0.4 is 0 Å². The van der Waals surface area contributed by atoms with Crippen LogP contribution in [0.1, 0.15) is 28.4 Å². The monoisotopic (exact) mass is 295 g/mol. The number of aromatic nitrogens is 1. The number of hydrogen-bond donors (Lipinski definition) is 0. The van der Waals surface area contributed by atoms with Gasteiger partial charge in [0.25, 0.3) is 0 Å². The number of piperidine rings is 1. The van der Waals surface area contributed by atoms with Gasteiger partial charge in [0.15, 0.2) is 0 Å². The molecule has 0 aromatic carbocycles. The van der Waals surface area contributed by atoms with Crippen LogP contribution in [0.15, 0.2) is 0 Å². The van der Waals surface area contributed by atoms with Crippen LogP contribution in [0, 0.1) is 13.8 Å². The molecule has 5 heteroatoms. The van der Waals surface area contributed by atoms with E-state index < -0.39 is 0 Å². The summed E-state index contributed by atoms with van der Waals surface area (Å²) in [4.78, 5) is 11.2. The van der Waals surface area contributed by atoms with E-state index in [1.165, 1.54) is 41.5 Å². The number of likely N-dealkylation sites (tertiary alicyclic amines) is 1. The number of aryl methyl sites for hydroxylation is 2. The van der Waals surface area contributed by atoms with Crippen molar-refractivity contribution in [3.05, 3.63) is 15.6 Å². The lowest BCUT2D eigenvalue weighted by atomic mass is 10.0. The highest BCUT2D eigenvalue weighted by atomic mass is 32.1. The molecule has 0 amide bonds. The van der Waals surface area contributed by atoms with Crippen LogP contribution >= 0.6 is 11.3 Å². The van der Waals surface area contributed by atoms with Crippen LogP contribution in [0.5, 0.6) is 0 Å². The summed E-state index contributed by atoms with van der Waals surface area (Å²) in [5.74, 6) is 0. The molecule has 0 atom stereocenters. The fraction of sp³-hybridized carbons (Fsp3) is 0.800. The third kappa shape index (κ3) is 3.39. The highest BCUT2D eigenvalue weighted by Crippen LogP contribution is 2.23. The Morgan fingerprint density at radius 3 is 2.45 bits per heavy atom. The Morgan fingerprint density at radius 2 is 1.85 bits per heavy atom. The first-order valence-corrected chi connectivity index (χ1v) is 8.51. The van der Waals surface area contributed by atoms with Gasteiger partial charge in [0.05, 0.1) is 23.9 Å². The molecule has 112 valence electrons. The molecule has 4 nitrogen and oxygen atoms in total. The van der Waals surface area contributed by atoms with Crippen LogP contribution in [0.4, 0.5) is 0 Å². The van der Waals surface area contributed by atoms with Crippen LogP contribution in [-0.2, 0) is 11.3 Å². The molecule has 0 spiro atoms. The zero-order valence-corrected chi connectivity index (χ0v) is 13.4. The van der Waals surface area contributed by atoms with E-state index in [0.29, 0.717) is 0 Å². The van der Waals surface area contributed by atoms with Crippen molar-refractivity contribution >= 4 is 11.3 Å². The van der Waals surface area contributed by atoms with E-state index in [4.69, 9.17) is 4.74 Å². The second-order valence-electron chi connectivity index (χ2n) is 5.90. The molecule has 0 radical (unpaired) electrons. The normalized spacial score (nSPS) is 23.3. The summed E-state index contributed by atoms with van der Waals surface area (Å²) in [5, 5.41) is 1.20. The van der Waals surface area contributed by atoms with Crippen LogP contribution in [0.25, 0.3) is 0 Å². The predicted molar refractivity (Wildman–Crippen MR) is 82.3 cm³/mol. The molecular formula is C15H25N3OS. The summed E-state index contributed by atoms with van der Waals surface area (Å²) < 4.78 is 5.45. The van der Waals surface area contributed by atoms with E-state index in [1.807, 2.05) is 11.3 Å². The van der Waals surface area contributed by atoms with Crippen LogP contribution in [0.3, 0.4) is 0 Å². The van der Waals surface area contributed by atoms with E-state index in [1.54, 1.807) is 0 Å². The van der Waals surface area contributed by atoms with Gasteiger partial charge in [0, 0.05) is 43.6 Å². The summed E-state index contributed by atoms with van der Waals surface area (Å²) in [6, 6.07) is 0.777. The van der Waals surface area contributed by atoms with E-state index >= 15 is 0 Å². The SMILES string of the molecule is Cc1nc(C)c(CN2CCC(N3CCOCC3)CC2)s1. The molecule has 3 rings (SSSR count). The minimum Gasteiger partial charge on any atom is -0.379 e. The minimum atomic E-state index is 0.777. The lowest BCUT2D eigenvalue weighted by Crippen LogP contribution is -2.48. The van der Waals surface area contributed by atoms with Gasteiger partial charge in [-0.15, -0.1) is 11.3 Å². The fourth-order valence-corrected chi connectivity index (χ4v) is 4.29. The maximum atomic E-state index is 5.45. The van der Waals surface area contributed by atoms with E-state index in [2.05, 4.69) is 28.6 Å². The van der Waals surface area contributed by atoms with Gasteiger partial charge in [0.2, 0.25) is 0 Å². The fourth-order valence-electron chi connectivity index (χ4n) is 3.31. The number of rotatable bonds is 3. The van der Waals surface area contributed by atoms with Gasteiger partial charge in [-0.05, 0) is 26.7 Å². The molecule has 3 heterocycles. The largest absolute Gasteiger partial charge is 0.379 e. The Balaban J connectivity index is 1.49. The Kier molecular flexibility index (Phi) is 4.71. The summed E-state index contributed by atoms with van der Waals surface area (Å²) in [5.41, 5.74) is 1.22. The number of nitrogens with zero attached hydrogens (tertiary/aromatic N) is 3. The Morgan fingerprint density at radius 1 is 1.15 bits per heavy atom. The van der Waals surface area contributed by atoms with Gasteiger partial charge in [0.1, 0.15) is 0 Å². The molecule has 2 fully saturated rings. The van der Waals surface area contributed by atoms with Crippen LogP contribution in [-0.4, -0.2) is 60.2 Å². The summed E-state index contributed by atoms with van der Waals surface area (Å²) >= 11 is 1.86. The number of hydrogen-bond acceptors (Lipinski definition) is 5. The number of morpholine rings is 1. The summed E-state index contributed by atoms with van der Waals surface area (Å²) in [6.07, 6.45) is 2.60. The average Bonchev–Trinajstić information content (AvgIpc) is 2.79. The standard InChI is InChI=1S/C15H25N3OS/c1-12-15(20-13(2)16-12)11-17-5-3-14(4-6-17)18-7-9-19-10-8-18/h14H,3-11H2,1-2H3. The lowest BCUT2D eigenvalue weighted by Gasteiger charge is -2.40. The first-order chi connectivity index (χ1) is 9.72. The molecule has 2 aliphatic heterocycles. The molecule has 2 saturated heterocycles. The second-order valence-corrected chi connectivity index (χ2v) is 7.18. The maximum absolute atomic E-state index is 5.45. The Labute approximate surface area is 125 Å². The quantitative estimate of drug-likeness (QED) is 0.853. The second kappa shape index (κ2) is 6.52. The highest BCUT2D eigenvalue weighted by Gasteiger charge is 2.26. The maximum Gasteiger partial charge on any atom is 0.0900 e. The number of thiazole rings is 1. The Hall–Kier alpha value is -0.490. The molecule has 1 aromatic rings. The third-order valence-corrected chi connectivity index (χ3v) is 5.54. The molecule has 0 aliphatic carbocycles. The smallest absolute Gasteiger partial charge is 0.0900 e. The zero-order chi connectivity index (χ0) is 13.9. The molecule has 20 heavy (non-hydrogen) atoms. The van der Waals surface area contributed by atoms with Gasteiger partial charge >= 0.3 is 0 Å². The van der Waals surface area contributed by atoms with Crippen molar-refractivity contribution in [2.24, 2.45) is 0 Å². The summed E-state index contributed by atoms with van der Waals surface area (Å²) in [7, 11) is 0. The lowest BCUT2D eigenvalue weighted by molar-refractivity contribution is 0.000291. The van der Waals surface area contributed by atoms with Gasteiger partial charge in [-0.2, -0.15) is 0 Å².